The molecule has 0 saturated carbocycles. The summed E-state index contributed by atoms with van der Waals surface area (Å²) in [6.45, 7) is -0.587. The molecule has 0 spiro atoms. The van der Waals surface area contributed by atoms with Gasteiger partial charge in [0.1, 0.15) is 0 Å². The lowest BCUT2D eigenvalue weighted by molar-refractivity contribution is -0.138. The van der Waals surface area contributed by atoms with Gasteiger partial charge in [0, 0.05) is 11.4 Å². The topological polar surface area (TPSA) is 163 Å². The molecule has 20 heteroatoms. The fraction of sp³-hybridized carbons (Fsp3) is 0.167. The second-order valence-electron chi connectivity index (χ2n) is 8.71. The van der Waals surface area contributed by atoms with Gasteiger partial charge in [-0.3, -0.25) is 4.90 Å². The maximum absolute atomic E-state index is 13.6. The van der Waals surface area contributed by atoms with Crippen LogP contribution in [0, 0.1) is 0 Å². The van der Waals surface area contributed by atoms with Crippen LogP contribution in [0.4, 0.5) is 49.4 Å². The van der Waals surface area contributed by atoms with E-state index in [9.17, 15) is 26.3 Å². The summed E-state index contributed by atoms with van der Waals surface area (Å²) in [7, 11) is 1.25. The molecule has 2 aromatic carbocycles. The fourth-order valence-corrected chi connectivity index (χ4v) is 3.85. The van der Waals surface area contributed by atoms with Crippen molar-refractivity contribution in [3.63, 3.8) is 0 Å². The van der Waals surface area contributed by atoms with Gasteiger partial charge < -0.3 is 14.8 Å². The van der Waals surface area contributed by atoms with Crippen molar-refractivity contribution < 1.29 is 45.1 Å². The first-order valence-electron chi connectivity index (χ1n) is 12.1. The molecular weight excluding hydrogens is 606 g/mol. The van der Waals surface area contributed by atoms with Crippen LogP contribution in [0.5, 0.6) is 11.8 Å². The maximum atomic E-state index is 13.6. The van der Waals surface area contributed by atoms with Gasteiger partial charge in [0.15, 0.2) is 12.5 Å². The molecule has 0 atom stereocenters. The van der Waals surface area contributed by atoms with E-state index in [-0.39, 0.29) is 57.4 Å². The number of aromatic nitrogens is 8. The number of ether oxygens (including phenoxy) is 2. The second kappa shape index (κ2) is 10.8. The molecule has 0 aliphatic heterocycles. The Morgan fingerprint density at radius 3 is 1.93 bits per heavy atom. The molecule has 0 unspecified atom stereocenters. The Morgan fingerprint density at radius 2 is 1.32 bits per heavy atom. The standard InChI is InChI=1S/C24H14F6N10O4/c1-41-22-20(33-16-18(35-22)39-44-37-16)40(14-4-2-3-12(9-14)24(28,29)30)10-42-21-19(32-15-17(34-21)38-43-36-15)31-13-7-5-11(6-8-13)23(25,26)27/h2-9H,10H2,1H3,(H,31,32,36). The van der Waals surface area contributed by atoms with Crippen LogP contribution < -0.4 is 19.7 Å². The number of methoxy groups -OCH3 is 1. The van der Waals surface area contributed by atoms with E-state index in [1.807, 2.05) is 0 Å². The van der Waals surface area contributed by atoms with E-state index < -0.39 is 30.2 Å². The highest BCUT2D eigenvalue weighted by molar-refractivity contribution is 5.74. The van der Waals surface area contributed by atoms with Gasteiger partial charge in [-0.25, -0.2) is 9.26 Å². The summed E-state index contributed by atoms with van der Waals surface area (Å²) in [6.07, 6.45) is -9.24. The highest BCUT2D eigenvalue weighted by Crippen LogP contribution is 2.37. The number of rotatable bonds is 8. The summed E-state index contributed by atoms with van der Waals surface area (Å²) in [4.78, 5) is 18.0. The number of alkyl halides is 6. The number of benzene rings is 2. The van der Waals surface area contributed by atoms with E-state index in [0.717, 1.165) is 36.4 Å². The number of halogens is 6. The van der Waals surface area contributed by atoms with Crippen molar-refractivity contribution in [1.29, 1.82) is 0 Å². The molecule has 4 heterocycles. The summed E-state index contributed by atoms with van der Waals surface area (Å²) >= 11 is 0. The van der Waals surface area contributed by atoms with E-state index in [4.69, 9.17) is 9.47 Å². The van der Waals surface area contributed by atoms with E-state index in [2.05, 4.69) is 55.1 Å². The third kappa shape index (κ3) is 5.63. The molecule has 4 aromatic heterocycles. The summed E-state index contributed by atoms with van der Waals surface area (Å²) in [5.41, 5.74) is -2.04. The van der Waals surface area contributed by atoms with Gasteiger partial charge in [-0.05, 0) is 63.1 Å². The Hall–Kier alpha value is -5.82. The zero-order valence-electron chi connectivity index (χ0n) is 21.8. The normalized spacial score (nSPS) is 12.1. The molecule has 1 N–H and O–H groups in total. The Bertz CT molecular complexity index is 1940. The summed E-state index contributed by atoms with van der Waals surface area (Å²) in [6, 6.07) is 8.23. The van der Waals surface area contributed by atoms with Gasteiger partial charge in [-0.2, -0.15) is 46.3 Å². The molecule has 0 saturated heterocycles. The van der Waals surface area contributed by atoms with Crippen LogP contribution >= 0.6 is 0 Å². The van der Waals surface area contributed by atoms with Crippen molar-refractivity contribution in [1.82, 2.24) is 40.6 Å². The average Bonchev–Trinajstić information content (AvgIpc) is 3.65. The van der Waals surface area contributed by atoms with Crippen molar-refractivity contribution in [2.75, 3.05) is 24.1 Å². The molecular formula is C24H14F6N10O4. The van der Waals surface area contributed by atoms with Crippen LogP contribution in [0.15, 0.2) is 57.8 Å². The molecule has 0 aliphatic carbocycles. The third-order valence-corrected chi connectivity index (χ3v) is 5.89. The number of anilines is 4. The van der Waals surface area contributed by atoms with Crippen molar-refractivity contribution in [3.05, 3.63) is 59.7 Å². The lowest BCUT2D eigenvalue weighted by Crippen LogP contribution is -2.26. The highest BCUT2D eigenvalue weighted by atomic mass is 19.4. The Kier molecular flexibility index (Phi) is 6.94. The zero-order valence-corrected chi connectivity index (χ0v) is 21.8. The highest BCUT2D eigenvalue weighted by Gasteiger charge is 2.32. The lowest BCUT2D eigenvalue weighted by Gasteiger charge is -2.25. The van der Waals surface area contributed by atoms with Crippen LogP contribution in [0.1, 0.15) is 11.1 Å². The van der Waals surface area contributed by atoms with Gasteiger partial charge >= 0.3 is 12.4 Å². The number of fused-ring (bicyclic) bond motifs is 2. The largest absolute Gasteiger partial charge is 0.478 e. The Balaban J connectivity index is 1.40. The van der Waals surface area contributed by atoms with Crippen LogP contribution in [0.3, 0.4) is 0 Å². The van der Waals surface area contributed by atoms with Crippen LogP contribution in [0.25, 0.3) is 22.6 Å². The maximum Gasteiger partial charge on any atom is 0.416 e. The van der Waals surface area contributed by atoms with Crippen LogP contribution in [-0.2, 0) is 12.4 Å². The lowest BCUT2D eigenvalue weighted by atomic mass is 10.2. The molecule has 0 radical (unpaired) electrons. The minimum atomic E-state index is -4.69. The molecule has 44 heavy (non-hydrogen) atoms. The van der Waals surface area contributed by atoms with Gasteiger partial charge in [0.05, 0.1) is 18.2 Å². The van der Waals surface area contributed by atoms with Crippen LogP contribution in [-0.4, -0.2) is 54.4 Å². The quantitative estimate of drug-likeness (QED) is 0.172. The molecule has 14 nitrogen and oxygen atoms in total. The third-order valence-electron chi connectivity index (χ3n) is 5.89. The van der Waals surface area contributed by atoms with Crippen LogP contribution in [0.2, 0.25) is 0 Å². The summed E-state index contributed by atoms with van der Waals surface area (Å²) in [5, 5.41) is 17.2. The molecule has 0 bridgehead atoms. The van der Waals surface area contributed by atoms with Gasteiger partial charge in [0.2, 0.25) is 28.4 Å². The van der Waals surface area contributed by atoms with E-state index >= 15 is 0 Å². The SMILES string of the molecule is COc1nc2nonc2nc1N(COc1nc2nonc2nc1Nc1ccc(C(F)(F)F)cc1)c1cccc(C(F)(F)F)c1. The minimum absolute atomic E-state index is 0.0339. The Morgan fingerprint density at radius 1 is 0.727 bits per heavy atom. The molecule has 226 valence electrons. The first-order chi connectivity index (χ1) is 21.0. The molecule has 0 aliphatic rings. The molecule has 0 fully saturated rings. The van der Waals surface area contributed by atoms with Gasteiger partial charge in [0.25, 0.3) is 11.8 Å². The average molecular weight is 620 g/mol. The fourth-order valence-electron chi connectivity index (χ4n) is 3.85. The van der Waals surface area contributed by atoms with Crippen molar-refractivity contribution in [2.24, 2.45) is 0 Å². The van der Waals surface area contributed by atoms with Crippen molar-refractivity contribution >= 4 is 45.6 Å². The Labute approximate surface area is 239 Å². The van der Waals surface area contributed by atoms with Crippen molar-refractivity contribution in [3.8, 4) is 11.8 Å². The van der Waals surface area contributed by atoms with E-state index in [0.29, 0.717) is 0 Å². The number of nitrogens with one attached hydrogen (secondary N) is 1. The van der Waals surface area contributed by atoms with E-state index in [1.54, 1.807) is 0 Å². The first-order valence-corrected chi connectivity index (χ1v) is 12.1. The number of nitrogens with zero attached hydrogens (tertiary/aromatic N) is 9. The summed E-state index contributed by atoms with van der Waals surface area (Å²) < 4.78 is 100. The molecule has 6 rings (SSSR count). The van der Waals surface area contributed by atoms with Gasteiger partial charge in [-0.15, -0.1) is 0 Å². The van der Waals surface area contributed by atoms with Crippen molar-refractivity contribution in [2.45, 2.75) is 12.4 Å². The second-order valence-corrected chi connectivity index (χ2v) is 8.71. The molecule has 0 amide bonds. The predicted molar refractivity (Wildman–Crippen MR) is 135 cm³/mol. The predicted octanol–water partition coefficient (Wildman–Crippen LogP) is 5.30. The number of hydrogen-bond donors (Lipinski definition) is 1. The number of hydrogen-bond acceptors (Lipinski definition) is 14. The monoisotopic (exact) mass is 620 g/mol. The minimum Gasteiger partial charge on any atom is -0.478 e. The van der Waals surface area contributed by atoms with Gasteiger partial charge in [-0.1, -0.05) is 6.07 Å². The zero-order chi connectivity index (χ0) is 31.1. The molecule has 6 aromatic rings. The summed E-state index contributed by atoms with van der Waals surface area (Å²) in [5.74, 6) is -0.712. The van der Waals surface area contributed by atoms with E-state index in [1.165, 1.54) is 24.1 Å². The first kappa shape index (κ1) is 28.3. The smallest absolute Gasteiger partial charge is 0.416 e.